The van der Waals surface area contributed by atoms with Crippen LogP contribution in [0.4, 0.5) is 4.79 Å². The Morgan fingerprint density at radius 3 is 1.40 bits per heavy atom. The topological polar surface area (TPSA) is 69.1 Å². The number of nitrogens with two attached hydrogens (primary N) is 2. The summed E-state index contributed by atoms with van der Waals surface area (Å²) in [6.07, 6.45) is 0. The second-order valence-corrected chi connectivity index (χ2v) is 0.402. The van der Waals surface area contributed by atoms with Gasteiger partial charge in [-0.1, -0.05) is 0 Å². The smallest absolute Gasteiger partial charge is 0.309 e. The van der Waals surface area contributed by atoms with Crippen LogP contribution in [0.15, 0.2) is 0 Å². The molecule has 0 unspecified atom stereocenters. The van der Waals surface area contributed by atoms with E-state index in [0.29, 0.717) is 0 Å². The zero-order valence-corrected chi connectivity index (χ0v) is 5.72. The van der Waals surface area contributed by atoms with Crippen molar-refractivity contribution < 1.29 is 27.2 Å². The van der Waals surface area contributed by atoms with E-state index in [-0.39, 0.29) is 22.4 Å². The number of hydrogen-bond donors (Lipinski definition) is 2. The van der Waals surface area contributed by atoms with E-state index in [2.05, 4.69) is 11.5 Å². The first-order valence-electron chi connectivity index (χ1n) is 0.781. The summed E-state index contributed by atoms with van der Waals surface area (Å²) in [5.41, 5.74) is 8.50. The number of hydrogen-bond acceptors (Lipinski definition) is 1. The quantitative estimate of drug-likeness (QED) is 0.562. The summed E-state index contributed by atoms with van der Waals surface area (Å²) in [7, 11) is 0. The van der Waals surface area contributed by atoms with Crippen molar-refractivity contribution in [3.05, 3.63) is 0 Å². The number of amides is 2. The molecule has 0 bridgehead atoms. The van der Waals surface area contributed by atoms with Crippen LogP contribution >= 0.6 is 0 Å². The van der Waals surface area contributed by atoms with E-state index in [1.807, 2.05) is 0 Å². The van der Waals surface area contributed by atoms with Gasteiger partial charge in [0, 0.05) is 22.4 Å². The van der Waals surface area contributed by atoms with Crippen LogP contribution in [0, 0.1) is 0 Å². The first-order valence-corrected chi connectivity index (χ1v) is 0.781. The molecule has 29 valence electrons. The van der Waals surface area contributed by atoms with Crippen molar-refractivity contribution >= 4 is 6.03 Å². The van der Waals surface area contributed by atoms with E-state index in [0.717, 1.165) is 0 Å². The van der Waals surface area contributed by atoms with Gasteiger partial charge in [-0.25, -0.2) is 4.79 Å². The normalized spacial score (nSPS) is 4.80. The van der Waals surface area contributed by atoms with Crippen LogP contribution in [0.2, 0.25) is 0 Å². The van der Waals surface area contributed by atoms with Gasteiger partial charge in [-0.15, -0.1) is 0 Å². The molecule has 0 aromatic carbocycles. The Hall–Kier alpha value is 0.0103. The summed E-state index contributed by atoms with van der Waals surface area (Å²) >= 11 is 0. The number of urea groups is 1. The number of carbonyl (C=O) groups excluding carboxylic acids is 1. The molecular weight excluding hydrogens is 237 g/mol. The van der Waals surface area contributed by atoms with Gasteiger partial charge in [0.25, 0.3) is 0 Å². The monoisotopic (exact) mass is 241 g/mol. The van der Waals surface area contributed by atoms with Gasteiger partial charge in [0.15, 0.2) is 0 Å². The standard InChI is InChI=1S/CH4N2O.Ta/c2-1(3)4;/h(H4,2,3,4);. The summed E-state index contributed by atoms with van der Waals surface area (Å²) in [6.45, 7) is 0. The van der Waals surface area contributed by atoms with Crippen LogP contribution < -0.4 is 11.5 Å². The van der Waals surface area contributed by atoms with E-state index in [1.54, 1.807) is 0 Å². The van der Waals surface area contributed by atoms with Gasteiger partial charge in [0.1, 0.15) is 0 Å². The molecule has 0 aliphatic heterocycles. The van der Waals surface area contributed by atoms with Gasteiger partial charge in [-0.2, -0.15) is 0 Å². The zero-order valence-electron chi connectivity index (χ0n) is 2.51. The minimum atomic E-state index is -0.833. The summed E-state index contributed by atoms with van der Waals surface area (Å²) in [6, 6.07) is -0.833. The summed E-state index contributed by atoms with van der Waals surface area (Å²) in [5, 5.41) is 0. The van der Waals surface area contributed by atoms with Gasteiger partial charge in [0.2, 0.25) is 0 Å². The third-order valence-corrected chi connectivity index (χ3v) is 0. The molecule has 0 aliphatic carbocycles. The molecule has 4 N–H and O–H groups in total. The Bertz CT molecular complexity index is 32.6. The molecule has 0 rings (SSSR count). The maximum Gasteiger partial charge on any atom is 0.309 e. The molecule has 2 amide bonds. The predicted octanol–water partition coefficient (Wildman–Crippen LogP) is -0.979. The van der Waals surface area contributed by atoms with Crippen molar-refractivity contribution in [1.82, 2.24) is 0 Å². The SMILES string of the molecule is NC(N)=O.[Ta]. The predicted molar refractivity (Wildman–Crippen MR) is 13.8 cm³/mol. The van der Waals surface area contributed by atoms with Crippen LogP contribution in [0.5, 0.6) is 0 Å². The molecular formula is CH4N2OTa. The second kappa shape index (κ2) is 4.01. The van der Waals surface area contributed by atoms with Crippen LogP contribution in [0.1, 0.15) is 0 Å². The van der Waals surface area contributed by atoms with E-state index >= 15 is 0 Å². The van der Waals surface area contributed by atoms with Crippen LogP contribution in [-0.4, -0.2) is 6.03 Å². The summed E-state index contributed by atoms with van der Waals surface area (Å²) in [5.74, 6) is 0. The first-order chi connectivity index (χ1) is 1.73. The minimum Gasteiger partial charge on any atom is -0.352 e. The maximum absolute atomic E-state index is 9.00. The zero-order chi connectivity index (χ0) is 3.58. The maximum atomic E-state index is 9.00. The molecule has 4 heteroatoms. The van der Waals surface area contributed by atoms with Crippen LogP contribution in [0.3, 0.4) is 0 Å². The Balaban J connectivity index is 0. The number of rotatable bonds is 0. The van der Waals surface area contributed by atoms with E-state index in [9.17, 15) is 0 Å². The van der Waals surface area contributed by atoms with Gasteiger partial charge in [-0.05, 0) is 0 Å². The Morgan fingerprint density at radius 2 is 1.40 bits per heavy atom. The molecule has 0 aliphatic rings. The molecule has 0 saturated carbocycles. The van der Waals surface area contributed by atoms with E-state index in [1.165, 1.54) is 0 Å². The third-order valence-electron chi connectivity index (χ3n) is 0. The van der Waals surface area contributed by atoms with Crippen molar-refractivity contribution in [3.63, 3.8) is 0 Å². The molecule has 0 aromatic rings. The van der Waals surface area contributed by atoms with Gasteiger partial charge in [0.05, 0.1) is 0 Å². The van der Waals surface area contributed by atoms with Crippen LogP contribution in [0.25, 0.3) is 0 Å². The molecule has 0 heterocycles. The first kappa shape index (κ1) is 8.89. The fraction of sp³-hybridized carbons (Fsp3) is 0. The van der Waals surface area contributed by atoms with Gasteiger partial charge >= 0.3 is 6.03 Å². The van der Waals surface area contributed by atoms with Crippen molar-refractivity contribution in [2.45, 2.75) is 0 Å². The Labute approximate surface area is 45.2 Å². The molecule has 1 radical (unpaired) electrons. The van der Waals surface area contributed by atoms with E-state index < -0.39 is 6.03 Å². The molecule has 0 aromatic heterocycles. The largest absolute Gasteiger partial charge is 0.352 e. The molecule has 0 fully saturated rings. The molecule has 0 atom stereocenters. The van der Waals surface area contributed by atoms with Crippen LogP contribution in [-0.2, 0) is 22.4 Å². The minimum absolute atomic E-state index is 0. The molecule has 5 heavy (non-hydrogen) atoms. The Kier molecular flexibility index (Phi) is 7.13. The van der Waals surface area contributed by atoms with Gasteiger partial charge in [-0.3, -0.25) is 0 Å². The fourth-order valence-corrected chi connectivity index (χ4v) is 0. The summed E-state index contributed by atoms with van der Waals surface area (Å²) < 4.78 is 0. The average molecular weight is 241 g/mol. The second-order valence-electron chi connectivity index (χ2n) is 0.402. The number of primary amides is 2. The number of carbonyl (C=O) groups is 1. The van der Waals surface area contributed by atoms with E-state index in [4.69, 9.17) is 4.79 Å². The molecule has 0 saturated heterocycles. The van der Waals surface area contributed by atoms with Crippen molar-refractivity contribution in [2.75, 3.05) is 0 Å². The molecule has 0 spiro atoms. The van der Waals surface area contributed by atoms with Crippen molar-refractivity contribution in [1.29, 1.82) is 0 Å². The fourth-order valence-electron chi connectivity index (χ4n) is 0. The molecule has 3 nitrogen and oxygen atoms in total. The Morgan fingerprint density at radius 1 is 1.40 bits per heavy atom. The summed E-state index contributed by atoms with van der Waals surface area (Å²) in [4.78, 5) is 9.00. The third kappa shape index (κ3) is 154000. The van der Waals surface area contributed by atoms with Crippen molar-refractivity contribution in [2.24, 2.45) is 11.5 Å². The van der Waals surface area contributed by atoms with Gasteiger partial charge < -0.3 is 11.5 Å². The average Bonchev–Trinajstić information content (AvgIpc) is 0.811. The van der Waals surface area contributed by atoms with Crippen molar-refractivity contribution in [3.8, 4) is 0 Å².